The number of carbonyl (C=O) groups is 5. The molecule has 0 aromatic heterocycles. The van der Waals surface area contributed by atoms with Gasteiger partial charge in [0.25, 0.3) is 0 Å². The van der Waals surface area contributed by atoms with Gasteiger partial charge in [-0.2, -0.15) is 0 Å². The van der Waals surface area contributed by atoms with Crippen molar-refractivity contribution in [2.45, 2.75) is 43.8 Å². The Morgan fingerprint density at radius 1 is 0.964 bits per heavy atom. The van der Waals surface area contributed by atoms with Crippen molar-refractivity contribution >= 4 is 29.6 Å². The Hall–Kier alpha value is -2.77. The maximum absolute atomic E-state index is 12.2. The van der Waals surface area contributed by atoms with Gasteiger partial charge in [0.1, 0.15) is 12.1 Å². The summed E-state index contributed by atoms with van der Waals surface area (Å²) in [5.74, 6) is -4.52. The maximum Gasteiger partial charge on any atom is 0.328 e. The molecule has 0 heterocycles. The first kappa shape index (κ1) is 25.2. The Bertz CT molecular complexity index is 571. The molecule has 0 bridgehead atoms. The zero-order valence-corrected chi connectivity index (χ0v) is 15.3. The number of hydrogen-bond donors (Lipinski definition) is 8. The fraction of sp³-hybridized carbons (Fsp3) is 0.667. The first-order chi connectivity index (χ1) is 13.1. The number of unbranched alkanes of at least 4 members (excludes halogenated alkanes) is 1. The molecule has 0 aromatic rings. The molecule has 0 aliphatic heterocycles. The van der Waals surface area contributed by atoms with E-state index >= 15 is 0 Å². The van der Waals surface area contributed by atoms with Gasteiger partial charge in [-0.1, -0.05) is 0 Å². The molecule has 4 amide bonds. The largest absolute Gasteiger partial charge is 0.480 e. The minimum absolute atomic E-state index is 0.168. The highest BCUT2D eigenvalue weighted by atomic mass is 16.4. The Balaban J connectivity index is 4.77. The number of aliphatic hydroxyl groups is 1. The fourth-order valence-electron chi connectivity index (χ4n) is 2.07. The van der Waals surface area contributed by atoms with Gasteiger partial charge in [0.05, 0.1) is 25.6 Å². The number of nitrogens with one attached hydrogen (secondary N) is 3. The number of amides is 4. The van der Waals surface area contributed by atoms with E-state index in [0.29, 0.717) is 19.4 Å². The number of carbonyl (C=O) groups excluding carboxylic acids is 4. The molecule has 0 rings (SSSR count). The number of primary amides is 1. The van der Waals surface area contributed by atoms with Crippen LogP contribution in [0.3, 0.4) is 0 Å². The Morgan fingerprint density at radius 2 is 1.61 bits per heavy atom. The van der Waals surface area contributed by atoms with Crippen molar-refractivity contribution < 1.29 is 34.2 Å². The van der Waals surface area contributed by atoms with E-state index in [2.05, 4.69) is 16.0 Å². The summed E-state index contributed by atoms with van der Waals surface area (Å²) in [6.45, 7) is -0.975. The van der Waals surface area contributed by atoms with Gasteiger partial charge in [-0.3, -0.25) is 19.2 Å². The molecule has 160 valence electrons. The van der Waals surface area contributed by atoms with Crippen molar-refractivity contribution in [1.29, 1.82) is 0 Å². The van der Waals surface area contributed by atoms with Gasteiger partial charge >= 0.3 is 5.97 Å². The number of nitrogens with two attached hydrogens (primary N) is 3. The molecule has 0 saturated carbocycles. The molecule has 0 spiro atoms. The molecule has 3 atom stereocenters. The summed E-state index contributed by atoms with van der Waals surface area (Å²) >= 11 is 0. The highest BCUT2D eigenvalue weighted by Gasteiger charge is 2.26. The van der Waals surface area contributed by atoms with E-state index in [9.17, 15) is 24.0 Å². The number of carboxylic acids is 1. The Kier molecular flexibility index (Phi) is 12.1. The standard InChI is InChI=1S/C15H28N6O7/c16-4-2-1-3-9(14(26)21-10(7-22)15(27)28)20-12(24)6-19-13(25)8(17)5-11(18)23/h8-10,22H,1-7,16-17H2,(H2,18,23)(H,19,25)(H,20,24)(H,21,26)(H,27,28). The molecule has 11 N–H and O–H groups in total. The van der Waals surface area contributed by atoms with Crippen LogP contribution in [0, 0.1) is 0 Å². The summed E-state index contributed by atoms with van der Waals surface area (Å²) < 4.78 is 0. The van der Waals surface area contributed by atoms with Crippen molar-refractivity contribution in [3.05, 3.63) is 0 Å². The van der Waals surface area contributed by atoms with Crippen molar-refractivity contribution in [3.63, 3.8) is 0 Å². The number of aliphatic carboxylic acids is 1. The lowest BCUT2D eigenvalue weighted by atomic mass is 10.1. The summed E-state index contributed by atoms with van der Waals surface area (Å²) in [5, 5.41) is 24.6. The van der Waals surface area contributed by atoms with Crippen LogP contribution in [0.2, 0.25) is 0 Å². The SMILES string of the molecule is NCCCCC(NC(=O)CNC(=O)C(N)CC(N)=O)C(=O)NC(CO)C(=O)O. The third-order valence-corrected chi connectivity index (χ3v) is 3.58. The molecule has 3 unspecified atom stereocenters. The predicted octanol–water partition coefficient (Wildman–Crippen LogP) is -4.52. The highest BCUT2D eigenvalue weighted by Crippen LogP contribution is 2.02. The minimum atomic E-state index is -1.52. The van der Waals surface area contributed by atoms with E-state index in [4.69, 9.17) is 27.4 Å². The average Bonchev–Trinajstić information content (AvgIpc) is 2.62. The lowest BCUT2D eigenvalue weighted by Crippen LogP contribution is -2.54. The summed E-state index contributed by atoms with van der Waals surface area (Å²) in [5.41, 5.74) is 15.7. The van der Waals surface area contributed by atoms with Crippen LogP contribution in [-0.4, -0.2) is 77.6 Å². The van der Waals surface area contributed by atoms with Gasteiger partial charge in [0.15, 0.2) is 0 Å². The second-order valence-corrected chi connectivity index (χ2v) is 5.98. The molecule has 0 aliphatic carbocycles. The number of hydrogen-bond acceptors (Lipinski definition) is 8. The fourth-order valence-corrected chi connectivity index (χ4v) is 2.07. The summed E-state index contributed by atoms with van der Waals surface area (Å²) in [7, 11) is 0. The Morgan fingerprint density at radius 3 is 2.11 bits per heavy atom. The number of carboxylic acid groups (broad SMARTS) is 1. The van der Waals surface area contributed by atoms with Crippen LogP contribution in [0.5, 0.6) is 0 Å². The van der Waals surface area contributed by atoms with Crippen molar-refractivity contribution in [1.82, 2.24) is 16.0 Å². The zero-order chi connectivity index (χ0) is 21.7. The predicted molar refractivity (Wildman–Crippen MR) is 96.3 cm³/mol. The van der Waals surface area contributed by atoms with E-state index in [0.717, 1.165) is 0 Å². The monoisotopic (exact) mass is 404 g/mol. The van der Waals surface area contributed by atoms with Gasteiger partial charge < -0.3 is 43.4 Å². The third kappa shape index (κ3) is 10.4. The summed E-state index contributed by atoms with van der Waals surface area (Å²) in [4.78, 5) is 57.5. The first-order valence-electron chi connectivity index (χ1n) is 8.57. The van der Waals surface area contributed by atoms with Gasteiger partial charge in [-0.15, -0.1) is 0 Å². The normalized spacial score (nSPS) is 13.7. The van der Waals surface area contributed by atoms with Crippen LogP contribution in [0.25, 0.3) is 0 Å². The molecule has 0 saturated heterocycles. The van der Waals surface area contributed by atoms with Crippen molar-refractivity contribution in [2.75, 3.05) is 19.7 Å². The quantitative estimate of drug-likeness (QED) is 0.130. The molecule has 0 aliphatic rings. The van der Waals surface area contributed by atoms with Crippen LogP contribution in [0.15, 0.2) is 0 Å². The highest BCUT2D eigenvalue weighted by molar-refractivity contribution is 5.93. The molecule has 0 fully saturated rings. The van der Waals surface area contributed by atoms with Crippen molar-refractivity contribution in [3.8, 4) is 0 Å². The third-order valence-electron chi connectivity index (χ3n) is 3.58. The lowest BCUT2D eigenvalue weighted by molar-refractivity contribution is -0.143. The van der Waals surface area contributed by atoms with Crippen LogP contribution in [0.4, 0.5) is 0 Å². The number of rotatable bonds is 14. The second kappa shape index (κ2) is 13.4. The summed E-state index contributed by atoms with van der Waals surface area (Å²) in [6, 6.07) is -3.83. The lowest BCUT2D eigenvalue weighted by Gasteiger charge is -2.21. The molecule has 0 aromatic carbocycles. The zero-order valence-electron chi connectivity index (χ0n) is 15.3. The average molecular weight is 404 g/mol. The molecular weight excluding hydrogens is 376 g/mol. The molecular formula is C15H28N6O7. The van der Waals surface area contributed by atoms with Crippen LogP contribution in [0.1, 0.15) is 25.7 Å². The molecule has 28 heavy (non-hydrogen) atoms. The maximum atomic E-state index is 12.2. The number of aliphatic hydroxyl groups excluding tert-OH is 1. The summed E-state index contributed by atoms with van der Waals surface area (Å²) in [6.07, 6.45) is 0.819. The van der Waals surface area contributed by atoms with E-state index in [1.54, 1.807) is 0 Å². The second-order valence-electron chi connectivity index (χ2n) is 5.98. The van der Waals surface area contributed by atoms with Crippen molar-refractivity contribution in [2.24, 2.45) is 17.2 Å². The van der Waals surface area contributed by atoms with Gasteiger partial charge in [0, 0.05) is 0 Å². The van der Waals surface area contributed by atoms with Crippen LogP contribution < -0.4 is 33.2 Å². The topological polar surface area (TPSA) is 240 Å². The van der Waals surface area contributed by atoms with Crippen LogP contribution in [-0.2, 0) is 24.0 Å². The molecule has 13 heteroatoms. The van der Waals surface area contributed by atoms with Gasteiger partial charge in [-0.25, -0.2) is 4.79 Å². The first-order valence-corrected chi connectivity index (χ1v) is 8.57. The molecule has 13 nitrogen and oxygen atoms in total. The van der Waals surface area contributed by atoms with Crippen LogP contribution >= 0.6 is 0 Å². The molecule has 0 radical (unpaired) electrons. The van der Waals surface area contributed by atoms with E-state index < -0.39 is 67.3 Å². The van der Waals surface area contributed by atoms with E-state index in [1.807, 2.05) is 0 Å². The Labute approximate surface area is 161 Å². The smallest absolute Gasteiger partial charge is 0.328 e. The minimum Gasteiger partial charge on any atom is -0.480 e. The van der Waals surface area contributed by atoms with Gasteiger partial charge in [-0.05, 0) is 25.8 Å². The van der Waals surface area contributed by atoms with E-state index in [1.165, 1.54) is 0 Å². The van der Waals surface area contributed by atoms with Gasteiger partial charge in [0.2, 0.25) is 23.6 Å². The van der Waals surface area contributed by atoms with E-state index in [-0.39, 0.29) is 6.42 Å².